The number of carboxylic acid groups (broad SMARTS) is 1. The zero-order chi connectivity index (χ0) is 37.2. The average Bonchev–Trinajstić information content (AvgIpc) is 3.69. The Balaban J connectivity index is 1.33. The highest BCUT2D eigenvalue weighted by atomic mass is 16.5. The Morgan fingerprint density at radius 1 is 1.02 bits per heavy atom. The van der Waals surface area contributed by atoms with Crippen molar-refractivity contribution in [1.29, 1.82) is 0 Å². The summed E-state index contributed by atoms with van der Waals surface area (Å²) in [4.78, 5) is 60.4. The molecular formula is C40H43N5O7. The first-order valence-electron chi connectivity index (χ1n) is 17.1. The standard InChI is InChI=1S/C40H43N5O7/c1-6-25-22-40(25,37(48)49)44-35(46)32-20-28(23-45(32)36(47)34(39(2,3)4)43-38(50)41-26-15-11-8-12-16-26)52-33-21-30(24-13-9-7-10-14-24)42-31-19-27(51-5)17-18-29(31)33/h6-19,21,25,28,32,34H,1,20,22-23H2,2-5H3,(H,44,46)(H,48,49)(H2,41,43,50)/t25-,28+,32-,34+,40?/m0/s1. The molecule has 1 aromatic heterocycles. The van der Waals surface area contributed by atoms with Gasteiger partial charge < -0.3 is 35.4 Å². The van der Waals surface area contributed by atoms with Crippen LogP contribution < -0.4 is 25.4 Å². The molecule has 270 valence electrons. The number of anilines is 1. The third kappa shape index (κ3) is 7.41. The molecule has 52 heavy (non-hydrogen) atoms. The summed E-state index contributed by atoms with van der Waals surface area (Å²) < 4.78 is 12.1. The van der Waals surface area contributed by atoms with Crippen molar-refractivity contribution in [2.75, 3.05) is 19.0 Å². The van der Waals surface area contributed by atoms with Crippen LogP contribution in [0.4, 0.5) is 10.5 Å². The second-order valence-corrected chi connectivity index (χ2v) is 14.3. The van der Waals surface area contributed by atoms with E-state index in [1.807, 2.05) is 75.4 Å². The third-order valence-corrected chi connectivity index (χ3v) is 9.64. The molecule has 4 N–H and O–H groups in total. The Bertz CT molecular complexity index is 2000. The van der Waals surface area contributed by atoms with Gasteiger partial charge in [0.1, 0.15) is 35.2 Å². The number of carboxylic acids is 1. The number of amides is 4. The number of carbonyl (C=O) groups excluding carboxylic acids is 3. The van der Waals surface area contributed by atoms with Gasteiger partial charge in [-0.3, -0.25) is 9.59 Å². The zero-order valence-electron chi connectivity index (χ0n) is 29.6. The fourth-order valence-corrected chi connectivity index (χ4v) is 6.67. The number of rotatable bonds is 11. The normalized spacial score (nSPS) is 21.5. The van der Waals surface area contributed by atoms with Gasteiger partial charge in [-0.1, -0.05) is 75.4 Å². The van der Waals surface area contributed by atoms with Crippen LogP contribution >= 0.6 is 0 Å². The number of fused-ring (bicyclic) bond motifs is 1. The predicted octanol–water partition coefficient (Wildman–Crippen LogP) is 5.64. The van der Waals surface area contributed by atoms with E-state index in [4.69, 9.17) is 14.5 Å². The number of urea groups is 1. The molecule has 6 rings (SSSR count). The van der Waals surface area contributed by atoms with E-state index in [1.165, 1.54) is 11.0 Å². The molecule has 4 aromatic rings. The SMILES string of the molecule is C=C[C@H]1CC1(NC(=O)[C@@H]1C[C@@H](Oc2cc(-c3ccccc3)nc3cc(OC)ccc23)CN1C(=O)[C@@H](NC(=O)Nc1ccccc1)C(C)(C)C)C(=O)O. The summed E-state index contributed by atoms with van der Waals surface area (Å²) in [6, 6.07) is 23.0. The second-order valence-electron chi connectivity index (χ2n) is 14.3. The third-order valence-electron chi connectivity index (χ3n) is 9.64. The monoisotopic (exact) mass is 705 g/mol. The number of methoxy groups -OCH3 is 1. The molecular weight excluding hydrogens is 662 g/mol. The van der Waals surface area contributed by atoms with Gasteiger partial charge in [0, 0.05) is 41.1 Å². The number of carbonyl (C=O) groups is 4. The van der Waals surface area contributed by atoms with Gasteiger partial charge in [0.25, 0.3) is 0 Å². The minimum atomic E-state index is -1.51. The molecule has 1 aliphatic heterocycles. The summed E-state index contributed by atoms with van der Waals surface area (Å²) in [7, 11) is 1.58. The van der Waals surface area contributed by atoms with Crippen LogP contribution in [0.25, 0.3) is 22.2 Å². The van der Waals surface area contributed by atoms with Crippen LogP contribution in [0.1, 0.15) is 33.6 Å². The van der Waals surface area contributed by atoms with Crippen LogP contribution in [0.5, 0.6) is 11.5 Å². The topological polar surface area (TPSA) is 159 Å². The Kier molecular flexibility index (Phi) is 9.92. The van der Waals surface area contributed by atoms with Gasteiger partial charge in [-0.2, -0.15) is 0 Å². The maximum atomic E-state index is 14.5. The molecule has 0 spiro atoms. The second kappa shape index (κ2) is 14.4. The van der Waals surface area contributed by atoms with E-state index < -0.39 is 58.9 Å². The average molecular weight is 706 g/mol. The van der Waals surface area contributed by atoms with Gasteiger partial charge in [0.2, 0.25) is 11.8 Å². The molecule has 12 heteroatoms. The summed E-state index contributed by atoms with van der Waals surface area (Å²) in [6.07, 6.45) is 1.10. The van der Waals surface area contributed by atoms with E-state index in [-0.39, 0.29) is 19.4 Å². The number of aromatic nitrogens is 1. The number of hydrogen-bond donors (Lipinski definition) is 4. The molecule has 5 atom stereocenters. The smallest absolute Gasteiger partial charge is 0.330 e. The summed E-state index contributed by atoms with van der Waals surface area (Å²) in [6.45, 7) is 9.17. The highest BCUT2D eigenvalue weighted by Gasteiger charge is 2.61. The van der Waals surface area contributed by atoms with Crippen molar-refractivity contribution < 1.29 is 33.8 Å². The quantitative estimate of drug-likeness (QED) is 0.146. The Morgan fingerprint density at radius 2 is 1.71 bits per heavy atom. The minimum absolute atomic E-state index is 0.00289. The van der Waals surface area contributed by atoms with Gasteiger partial charge in [-0.25, -0.2) is 14.6 Å². The van der Waals surface area contributed by atoms with Gasteiger partial charge in [-0.15, -0.1) is 6.58 Å². The number of para-hydroxylation sites is 1. The maximum absolute atomic E-state index is 14.5. The van der Waals surface area contributed by atoms with E-state index in [0.717, 1.165) is 5.56 Å². The molecule has 1 saturated heterocycles. The first-order chi connectivity index (χ1) is 24.8. The van der Waals surface area contributed by atoms with Crippen molar-refractivity contribution in [3.63, 3.8) is 0 Å². The van der Waals surface area contributed by atoms with Crippen LogP contribution in [0, 0.1) is 11.3 Å². The van der Waals surface area contributed by atoms with E-state index in [0.29, 0.717) is 33.8 Å². The molecule has 1 saturated carbocycles. The van der Waals surface area contributed by atoms with Gasteiger partial charge in [-0.05, 0) is 36.1 Å². The van der Waals surface area contributed by atoms with Crippen LogP contribution in [0.3, 0.4) is 0 Å². The van der Waals surface area contributed by atoms with Crippen LogP contribution in [-0.2, 0) is 14.4 Å². The Morgan fingerprint density at radius 3 is 2.33 bits per heavy atom. The maximum Gasteiger partial charge on any atom is 0.330 e. The van der Waals surface area contributed by atoms with Crippen LogP contribution in [0.2, 0.25) is 0 Å². The van der Waals surface area contributed by atoms with Crippen molar-refractivity contribution in [3.8, 4) is 22.8 Å². The Labute approximate surface area is 302 Å². The van der Waals surface area contributed by atoms with Crippen molar-refractivity contribution in [2.24, 2.45) is 11.3 Å². The van der Waals surface area contributed by atoms with E-state index in [1.54, 1.807) is 37.4 Å². The summed E-state index contributed by atoms with van der Waals surface area (Å²) in [5.41, 5.74) is 0.419. The van der Waals surface area contributed by atoms with Crippen molar-refractivity contribution >= 4 is 40.4 Å². The molecule has 1 aliphatic carbocycles. The number of nitrogens with one attached hydrogen (secondary N) is 3. The lowest BCUT2D eigenvalue weighted by atomic mass is 9.85. The highest BCUT2D eigenvalue weighted by molar-refractivity contribution is 5.98. The fraction of sp³-hybridized carbons (Fsp3) is 0.325. The lowest BCUT2D eigenvalue weighted by Gasteiger charge is -2.35. The van der Waals surface area contributed by atoms with Gasteiger partial charge >= 0.3 is 12.0 Å². The fourth-order valence-electron chi connectivity index (χ4n) is 6.67. The molecule has 4 amide bonds. The number of hydrogen-bond acceptors (Lipinski definition) is 7. The van der Waals surface area contributed by atoms with Crippen molar-refractivity contribution in [3.05, 3.63) is 97.6 Å². The number of aliphatic carboxylic acids is 1. The van der Waals surface area contributed by atoms with Crippen molar-refractivity contribution in [1.82, 2.24) is 20.5 Å². The van der Waals surface area contributed by atoms with E-state index in [9.17, 15) is 24.3 Å². The summed E-state index contributed by atoms with van der Waals surface area (Å²) >= 11 is 0. The number of ether oxygens (including phenoxy) is 2. The minimum Gasteiger partial charge on any atom is -0.497 e. The van der Waals surface area contributed by atoms with E-state index >= 15 is 0 Å². The molecule has 2 aliphatic rings. The van der Waals surface area contributed by atoms with E-state index in [2.05, 4.69) is 22.5 Å². The lowest BCUT2D eigenvalue weighted by Crippen LogP contribution is -2.59. The molecule has 3 aromatic carbocycles. The summed E-state index contributed by atoms with van der Waals surface area (Å²) in [5.74, 6) is -1.64. The Hall–Kier alpha value is -5.91. The lowest BCUT2D eigenvalue weighted by molar-refractivity contribution is -0.146. The van der Waals surface area contributed by atoms with Crippen LogP contribution in [0.15, 0.2) is 97.6 Å². The van der Waals surface area contributed by atoms with Crippen molar-refractivity contribution in [2.45, 2.75) is 57.3 Å². The molecule has 1 unspecified atom stereocenters. The van der Waals surface area contributed by atoms with Crippen LogP contribution in [-0.4, -0.2) is 76.2 Å². The van der Waals surface area contributed by atoms with Gasteiger partial charge in [0.05, 0.1) is 24.9 Å². The molecule has 0 bridgehead atoms. The first kappa shape index (κ1) is 35.9. The van der Waals surface area contributed by atoms with Gasteiger partial charge in [0.15, 0.2) is 0 Å². The first-order valence-corrected chi connectivity index (χ1v) is 17.1. The molecule has 2 heterocycles. The molecule has 0 radical (unpaired) electrons. The molecule has 2 fully saturated rings. The number of nitrogens with zero attached hydrogens (tertiary/aromatic N) is 2. The number of pyridine rings is 1. The summed E-state index contributed by atoms with van der Waals surface area (Å²) in [5, 5.41) is 19.1. The number of benzene rings is 3. The largest absolute Gasteiger partial charge is 0.497 e. The highest BCUT2D eigenvalue weighted by Crippen LogP contribution is 2.45. The number of likely N-dealkylation sites (tertiary alicyclic amines) is 1. The predicted molar refractivity (Wildman–Crippen MR) is 197 cm³/mol. The molecule has 12 nitrogen and oxygen atoms in total. The zero-order valence-corrected chi connectivity index (χ0v) is 29.6.